The van der Waals surface area contributed by atoms with E-state index in [2.05, 4.69) is 28.2 Å². The first-order valence-corrected chi connectivity index (χ1v) is 7.34. The number of carbonyl (C=O) groups is 1. The lowest BCUT2D eigenvalue weighted by molar-refractivity contribution is 0.0723. The molecule has 1 aromatic carbocycles. The van der Waals surface area contributed by atoms with E-state index in [1.165, 1.54) is 6.07 Å². The summed E-state index contributed by atoms with van der Waals surface area (Å²) in [4.78, 5) is 14.3. The third-order valence-electron chi connectivity index (χ3n) is 4.35. The average Bonchev–Trinajstić information content (AvgIpc) is 2.95. The molecule has 1 aromatic rings. The lowest BCUT2D eigenvalue weighted by Crippen LogP contribution is -2.38. The van der Waals surface area contributed by atoms with E-state index in [1.54, 1.807) is 12.1 Å². The van der Waals surface area contributed by atoms with Gasteiger partial charge in [-0.1, -0.05) is 15.9 Å². The maximum Gasteiger partial charge on any atom is 0.257 e. The van der Waals surface area contributed by atoms with Gasteiger partial charge < -0.3 is 10.2 Å². The van der Waals surface area contributed by atoms with Crippen molar-refractivity contribution in [2.75, 3.05) is 19.6 Å². The lowest BCUT2D eigenvalue weighted by atomic mass is 9.95. The molecule has 3 nitrogen and oxygen atoms in total. The average molecular weight is 327 g/mol. The fourth-order valence-corrected chi connectivity index (χ4v) is 3.61. The van der Waals surface area contributed by atoms with Crippen LogP contribution in [0.15, 0.2) is 22.7 Å². The zero-order chi connectivity index (χ0) is 13.6. The summed E-state index contributed by atoms with van der Waals surface area (Å²) in [5.74, 6) is 0.365. The highest BCUT2D eigenvalue weighted by molar-refractivity contribution is 9.10. The second kappa shape index (κ2) is 4.87. The predicted molar refractivity (Wildman–Crippen MR) is 74.4 cm³/mol. The molecule has 1 N–H and O–H groups in total. The summed E-state index contributed by atoms with van der Waals surface area (Å²) in [7, 11) is 0. The normalized spacial score (nSPS) is 29.6. The molecule has 2 aliphatic heterocycles. The molecule has 102 valence electrons. The van der Waals surface area contributed by atoms with Gasteiger partial charge in [0.25, 0.3) is 5.91 Å². The molecule has 2 saturated heterocycles. The van der Waals surface area contributed by atoms with Gasteiger partial charge in [-0.05, 0) is 37.0 Å². The van der Waals surface area contributed by atoms with Crippen LogP contribution in [0.25, 0.3) is 0 Å². The van der Waals surface area contributed by atoms with Crippen LogP contribution in [0.4, 0.5) is 4.39 Å². The molecule has 2 aliphatic rings. The smallest absolute Gasteiger partial charge is 0.257 e. The summed E-state index contributed by atoms with van der Waals surface area (Å²) in [5, 5.41) is 3.35. The van der Waals surface area contributed by atoms with Crippen LogP contribution < -0.4 is 5.32 Å². The molecular weight excluding hydrogens is 311 g/mol. The van der Waals surface area contributed by atoms with Crippen LogP contribution in [-0.4, -0.2) is 36.5 Å². The monoisotopic (exact) mass is 326 g/mol. The van der Waals surface area contributed by atoms with Gasteiger partial charge in [0.15, 0.2) is 0 Å². The molecule has 2 heterocycles. The maximum atomic E-state index is 13.8. The van der Waals surface area contributed by atoms with Crippen LogP contribution in [0, 0.1) is 17.7 Å². The Morgan fingerprint density at radius 2 is 2.26 bits per heavy atom. The molecule has 19 heavy (non-hydrogen) atoms. The van der Waals surface area contributed by atoms with Gasteiger partial charge in [0, 0.05) is 30.1 Å². The summed E-state index contributed by atoms with van der Waals surface area (Å²) in [6.07, 6.45) is 0. The van der Waals surface area contributed by atoms with Gasteiger partial charge in [-0.15, -0.1) is 0 Å². The number of hydrogen-bond acceptors (Lipinski definition) is 2. The van der Waals surface area contributed by atoms with E-state index in [-0.39, 0.29) is 17.5 Å². The van der Waals surface area contributed by atoms with E-state index in [1.807, 2.05) is 4.90 Å². The second-order valence-corrected chi connectivity index (χ2v) is 6.32. The van der Waals surface area contributed by atoms with Crippen molar-refractivity contribution >= 4 is 21.8 Å². The third kappa shape index (κ3) is 2.19. The molecule has 5 heteroatoms. The Bertz CT molecular complexity index is 522. The van der Waals surface area contributed by atoms with Crippen molar-refractivity contribution < 1.29 is 9.18 Å². The standard InChI is InChI=1S/C14H16BrFN2O/c1-8-12-6-17-5-9(12)7-18(8)14(19)11-4-10(15)2-3-13(11)16/h2-4,8-9,12,17H,5-7H2,1H3. The lowest BCUT2D eigenvalue weighted by Gasteiger charge is -2.24. The molecule has 0 saturated carbocycles. The van der Waals surface area contributed by atoms with Crippen molar-refractivity contribution in [2.45, 2.75) is 13.0 Å². The predicted octanol–water partition coefficient (Wildman–Crippen LogP) is 2.27. The topological polar surface area (TPSA) is 32.3 Å². The van der Waals surface area contributed by atoms with Crippen molar-refractivity contribution in [3.8, 4) is 0 Å². The van der Waals surface area contributed by atoms with Crippen LogP contribution in [0.1, 0.15) is 17.3 Å². The van der Waals surface area contributed by atoms with Gasteiger partial charge in [-0.25, -0.2) is 4.39 Å². The Kier molecular flexibility index (Phi) is 3.35. The first-order chi connectivity index (χ1) is 9.08. The van der Waals surface area contributed by atoms with E-state index >= 15 is 0 Å². The van der Waals surface area contributed by atoms with Crippen LogP contribution in [0.5, 0.6) is 0 Å². The minimum absolute atomic E-state index is 0.161. The number of amides is 1. The summed E-state index contributed by atoms with van der Waals surface area (Å²) in [5.41, 5.74) is 0.161. The van der Waals surface area contributed by atoms with Gasteiger partial charge in [-0.3, -0.25) is 4.79 Å². The molecule has 0 aromatic heterocycles. The molecule has 3 unspecified atom stereocenters. The molecule has 2 fully saturated rings. The Morgan fingerprint density at radius 1 is 1.47 bits per heavy atom. The van der Waals surface area contributed by atoms with Gasteiger partial charge in [-0.2, -0.15) is 0 Å². The molecule has 0 bridgehead atoms. The van der Waals surface area contributed by atoms with Gasteiger partial charge in [0.05, 0.1) is 5.56 Å². The molecule has 0 aliphatic carbocycles. The van der Waals surface area contributed by atoms with E-state index in [0.29, 0.717) is 11.8 Å². The number of benzene rings is 1. The zero-order valence-corrected chi connectivity index (χ0v) is 12.3. The van der Waals surface area contributed by atoms with Gasteiger partial charge in [0.1, 0.15) is 5.82 Å². The van der Waals surface area contributed by atoms with Crippen molar-refractivity contribution in [1.82, 2.24) is 10.2 Å². The molecule has 0 spiro atoms. The number of fused-ring (bicyclic) bond motifs is 1. The highest BCUT2D eigenvalue weighted by atomic mass is 79.9. The number of nitrogens with one attached hydrogen (secondary N) is 1. The Morgan fingerprint density at radius 3 is 3.00 bits per heavy atom. The minimum Gasteiger partial charge on any atom is -0.335 e. The highest BCUT2D eigenvalue weighted by Gasteiger charge is 2.44. The largest absolute Gasteiger partial charge is 0.335 e. The van der Waals surface area contributed by atoms with Crippen molar-refractivity contribution in [3.63, 3.8) is 0 Å². The summed E-state index contributed by atoms with van der Waals surface area (Å²) < 4.78 is 14.5. The summed E-state index contributed by atoms with van der Waals surface area (Å²) in [6, 6.07) is 4.68. The Balaban J connectivity index is 1.86. The fraction of sp³-hybridized carbons (Fsp3) is 0.500. The third-order valence-corrected chi connectivity index (χ3v) is 4.85. The number of likely N-dealkylation sites (tertiary alicyclic amines) is 1. The number of hydrogen-bond donors (Lipinski definition) is 1. The number of carbonyl (C=O) groups excluding carboxylic acids is 1. The molecule has 1 amide bonds. The Labute approximate surface area is 120 Å². The minimum atomic E-state index is -0.449. The van der Waals surface area contributed by atoms with Crippen LogP contribution >= 0.6 is 15.9 Å². The zero-order valence-electron chi connectivity index (χ0n) is 10.7. The molecule has 3 rings (SSSR count). The number of nitrogens with zero attached hydrogens (tertiary/aromatic N) is 1. The van der Waals surface area contributed by atoms with E-state index in [4.69, 9.17) is 0 Å². The van der Waals surface area contributed by atoms with Crippen molar-refractivity contribution in [2.24, 2.45) is 11.8 Å². The van der Waals surface area contributed by atoms with Crippen molar-refractivity contribution in [3.05, 3.63) is 34.1 Å². The first kappa shape index (κ1) is 13.1. The van der Waals surface area contributed by atoms with E-state index in [0.717, 1.165) is 24.1 Å². The van der Waals surface area contributed by atoms with E-state index in [9.17, 15) is 9.18 Å². The van der Waals surface area contributed by atoms with Crippen LogP contribution in [0.3, 0.4) is 0 Å². The highest BCUT2D eigenvalue weighted by Crippen LogP contribution is 2.33. The van der Waals surface area contributed by atoms with Crippen molar-refractivity contribution in [1.29, 1.82) is 0 Å². The number of halogens is 2. The van der Waals surface area contributed by atoms with E-state index < -0.39 is 5.82 Å². The molecule has 3 atom stereocenters. The summed E-state index contributed by atoms with van der Waals surface area (Å²) >= 11 is 3.29. The fourth-order valence-electron chi connectivity index (χ4n) is 3.25. The maximum absolute atomic E-state index is 13.8. The SMILES string of the molecule is CC1C2CNCC2CN1C(=O)c1cc(Br)ccc1F. The first-order valence-electron chi connectivity index (χ1n) is 6.54. The second-order valence-electron chi connectivity index (χ2n) is 5.40. The number of rotatable bonds is 1. The van der Waals surface area contributed by atoms with Crippen LogP contribution in [-0.2, 0) is 0 Å². The quantitative estimate of drug-likeness (QED) is 0.858. The van der Waals surface area contributed by atoms with Gasteiger partial charge in [0.2, 0.25) is 0 Å². The van der Waals surface area contributed by atoms with Gasteiger partial charge >= 0.3 is 0 Å². The van der Waals surface area contributed by atoms with Crippen LogP contribution in [0.2, 0.25) is 0 Å². The molecule has 0 radical (unpaired) electrons. The molecular formula is C14H16BrFN2O. The Hall–Kier alpha value is -0.940. The summed E-state index contributed by atoms with van der Waals surface area (Å²) in [6.45, 7) is 4.70.